The summed E-state index contributed by atoms with van der Waals surface area (Å²) in [5.74, 6) is 1.17. The maximum Gasteiger partial charge on any atom is 0.271 e. The van der Waals surface area contributed by atoms with E-state index in [1.165, 1.54) is 6.21 Å². The Balaban J connectivity index is 1.96. The van der Waals surface area contributed by atoms with Crippen LogP contribution in [0.3, 0.4) is 0 Å². The third kappa shape index (κ3) is 3.07. The Bertz CT molecular complexity index is 568. The molecule has 2 aromatic rings. The van der Waals surface area contributed by atoms with Crippen molar-refractivity contribution in [2.24, 2.45) is 5.10 Å². The fourth-order valence-corrected chi connectivity index (χ4v) is 1.45. The topological polar surface area (TPSA) is 54.6 Å². The van der Waals surface area contributed by atoms with Crippen molar-refractivity contribution in [2.75, 3.05) is 0 Å². The van der Waals surface area contributed by atoms with Crippen LogP contribution in [-0.4, -0.2) is 12.1 Å². The molecule has 1 heterocycles. The lowest BCUT2D eigenvalue weighted by Gasteiger charge is -1.99. The van der Waals surface area contributed by atoms with Crippen LogP contribution in [0.5, 0.6) is 0 Å². The lowest BCUT2D eigenvalue weighted by molar-refractivity contribution is 0.0955. The molecular weight excluding hydrogens is 228 g/mol. The molecule has 4 nitrogen and oxygen atoms in total. The predicted octanol–water partition coefficient (Wildman–Crippen LogP) is 2.66. The summed E-state index contributed by atoms with van der Waals surface area (Å²) in [5.41, 5.74) is 4.14. The molecule has 92 valence electrons. The first-order valence-corrected chi connectivity index (χ1v) is 5.61. The molecule has 2 rings (SSSR count). The number of carbonyl (C=O) groups is 1. The third-order valence-electron chi connectivity index (χ3n) is 2.43. The van der Waals surface area contributed by atoms with E-state index in [4.69, 9.17) is 4.42 Å². The van der Waals surface area contributed by atoms with Gasteiger partial charge in [-0.3, -0.25) is 4.79 Å². The molecular formula is C14H14N2O2. The van der Waals surface area contributed by atoms with Gasteiger partial charge in [-0.25, -0.2) is 5.43 Å². The van der Waals surface area contributed by atoms with Crippen molar-refractivity contribution in [3.05, 3.63) is 59.0 Å². The minimum atomic E-state index is -0.241. The van der Waals surface area contributed by atoms with Crippen molar-refractivity contribution in [3.8, 4) is 0 Å². The van der Waals surface area contributed by atoms with E-state index in [-0.39, 0.29) is 5.91 Å². The van der Waals surface area contributed by atoms with E-state index < -0.39 is 0 Å². The number of amides is 1. The van der Waals surface area contributed by atoms with Crippen molar-refractivity contribution < 1.29 is 9.21 Å². The highest BCUT2D eigenvalue weighted by atomic mass is 16.3. The van der Waals surface area contributed by atoms with E-state index >= 15 is 0 Å². The predicted molar refractivity (Wildman–Crippen MR) is 69.7 cm³/mol. The van der Waals surface area contributed by atoms with Crippen LogP contribution in [0.2, 0.25) is 0 Å². The van der Waals surface area contributed by atoms with Gasteiger partial charge in [0, 0.05) is 5.56 Å². The smallest absolute Gasteiger partial charge is 0.271 e. The Morgan fingerprint density at radius 1 is 1.17 bits per heavy atom. The zero-order valence-corrected chi connectivity index (χ0v) is 10.3. The maximum atomic E-state index is 11.7. The Labute approximate surface area is 105 Å². The van der Waals surface area contributed by atoms with Crippen LogP contribution in [-0.2, 0) is 0 Å². The van der Waals surface area contributed by atoms with Gasteiger partial charge >= 0.3 is 0 Å². The number of hydrogen-bond donors (Lipinski definition) is 1. The lowest BCUT2D eigenvalue weighted by Crippen LogP contribution is -2.17. The molecule has 0 aliphatic rings. The summed E-state index contributed by atoms with van der Waals surface area (Å²) in [7, 11) is 0. The number of rotatable bonds is 3. The van der Waals surface area contributed by atoms with E-state index in [1.807, 2.05) is 32.0 Å². The fourth-order valence-electron chi connectivity index (χ4n) is 1.45. The van der Waals surface area contributed by atoms with Gasteiger partial charge in [-0.2, -0.15) is 5.10 Å². The number of carbonyl (C=O) groups excluding carboxylic acids is 1. The van der Waals surface area contributed by atoms with Gasteiger partial charge in [0.05, 0.1) is 6.21 Å². The van der Waals surface area contributed by atoms with E-state index in [9.17, 15) is 4.79 Å². The Hall–Kier alpha value is -2.36. The van der Waals surface area contributed by atoms with Crippen molar-refractivity contribution in [3.63, 3.8) is 0 Å². The van der Waals surface area contributed by atoms with Gasteiger partial charge in [-0.1, -0.05) is 17.7 Å². The highest BCUT2D eigenvalue weighted by Gasteiger charge is 2.02. The maximum absolute atomic E-state index is 11.7. The molecule has 0 fully saturated rings. The molecule has 0 unspecified atom stereocenters. The minimum absolute atomic E-state index is 0.241. The molecule has 0 saturated heterocycles. The average molecular weight is 242 g/mol. The quantitative estimate of drug-likeness (QED) is 0.664. The van der Waals surface area contributed by atoms with Crippen LogP contribution in [0, 0.1) is 13.8 Å². The van der Waals surface area contributed by atoms with Gasteiger partial charge in [0.15, 0.2) is 0 Å². The summed E-state index contributed by atoms with van der Waals surface area (Å²) in [6, 6.07) is 10.9. The summed E-state index contributed by atoms with van der Waals surface area (Å²) < 4.78 is 5.29. The second kappa shape index (κ2) is 5.31. The third-order valence-corrected chi connectivity index (χ3v) is 2.43. The second-order valence-corrected chi connectivity index (χ2v) is 4.01. The van der Waals surface area contributed by atoms with Crippen molar-refractivity contribution in [2.45, 2.75) is 13.8 Å². The Kier molecular flexibility index (Phi) is 3.57. The van der Waals surface area contributed by atoms with E-state index in [0.717, 1.165) is 11.3 Å². The summed E-state index contributed by atoms with van der Waals surface area (Å²) in [6.07, 6.45) is 1.47. The molecule has 4 heteroatoms. The molecule has 0 saturated carbocycles. The molecule has 0 aliphatic carbocycles. The Morgan fingerprint density at radius 2 is 1.89 bits per heavy atom. The first kappa shape index (κ1) is 12.1. The van der Waals surface area contributed by atoms with Crippen molar-refractivity contribution in [1.29, 1.82) is 0 Å². The van der Waals surface area contributed by atoms with Crippen LogP contribution in [0.25, 0.3) is 0 Å². The van der Waals surface area contributed by atoms with Crippen molar-refractivity contribution >= 4 is 12.1 Å². The molecule has 0 atom stereocenters. The van der Waals surface area contributed by atoms with E-state index in [1.54, 1.807) is 18.2 Å². The normalized spacial score (nSPS) is 10.8. The number of furan rings is 1. The first-order valence-electron chi connectivity index (χ1n) is 5.61. The standard InChI is InChI=1S/C14H14N2O2/c1-10-3-6-12(7-4-10)14(17)16-15-9-13-8-5-11(2)18-13/h3-9H,1-2H3,(H,16,17)/b15-9-. The van der Waals surface area contributed by atoms with Gasteiger partial charge in [-0.05, 0) is 38.1 Å². The summed E-state index contributed by atoms with van der Waals surface area (Å²) >= 11 is 0. The molecule has 0 spiro atoms. The molecule has 0 radical (unpaired) electrons. The van der Waals surface area contributed by atoms with Crippen LogP contribution in [0.15, 0.2) is 45.9 Å². The van der Waals surface area contributed by atoms with E-state index in [2.05, 4.69) is 10.5 Å². The van der Waals surface area contributed by atoms with Gasteiger partial charge < -0.3 is 4.42 Å². The molecule has 18 heavy (non-hydrogen) atoms. The number of hydrazone groups is 1. The van der Waals surface area contributed by atoms with Gasteiger partial charge in [0.25, 0.3) is 5.91 Å². The zero-order chi connectivity index (χ0) is 13.0. The fraction of sp³-hybridized carbons (Fsp3) is 0.143. The molecule has 0 aliphatic heterocycles. The summed E-state index contributed by atoms with van der Waals surface area (Å²) in [4.78, 5) is 11.7. The number of aryl methyl sites for hydroxylation is 2. The zero-order valence-electron chi connectivity index (χ0n) is 10.3. The van der Waals surface area contributed by atoms with Crippen LogP contribution in [0.1, 0.15) is 27.4 Å². The average Bonchev–Trinajstić information content (AvgIpc) is 2.76. The highest BCUT2D eigenvalue weighted by Crippen LogP contribution is 2.04. The highest BCUT2D eigenvalue weighted by molar-refractivity contribution is 5.94. The largest absolute Gasteiger partial charge is 0.460 e. The Morgan fingerprint density at radius 3 is 2.50 bits per heavy atom. The number of benzene rings is 1. The SMILES string of the molecule is Cc1ccc(C(=O)N/N=C\c2ccc(C)o2)cc1. The number of hydrogen-bond acceptors (Lipinski definition) is 3. The molecule has 0 bridgehead atoms. The van der Waals surface area contributed by atoms with Crippen LogP contribution < -0.4 is 5.43 Å². The van der Waals surface area contributed by atoms with Crippen molar-refractivity contribution in [1.82, 2.24) is 5.43 Å². The molecule has 1 amide bonds. The molecule has 1 aromatic heterocycles. The first-order chi connectivity index (χ1) is 8.65. The minimum Gasteiger partial charge on any atom is -0.460 e. The van der Waals surface area contributed by atoms with Gasteiger partial charge in [0.1, 0.15) is 11.5 Å². The lowest BCUT2D eigenvalue weighted by atomic mass is 10.1. The van der Waals surface area contributed by atoms with Crippen LogP contribution >= 0.6 is 0 Å². The molecule has 1 aromatic carbocycles. The van der Waals surface area contributed by atoms with Gasteiger partial charge in [-0.15, -0.1) is 0 Å². The summed E-state index contributed by atoms with van der Waals surface area (Å²) in [5, 5.41) is 3.84. The monoisotopic (exact) mass is 242 g/mol. The number of nitrogens with one attached hydrogen (secondary N) is 1. The number of nitrogens with zero attached hydrogens (tertiary/aromatic N) is 1. The second-order valence-electron chi connectivity index (χ2n) is 4.01. The van der Waals surface area contributed by atoms with Gasteiger partial charge in [0.2, 0.25) is 0 Å². The molecule has 1 N–H and O–H groups in total. The summed E-state index contributed by atoms with van der Waals surface area (Å²) in [6.45, 7) is 3.82. The van der Waals surface area contributed by atoms with E-state index in [0.29, 0.717) is 11.3 Å². The van der Waals surface area contributed by atoms with Crippen LogP contribution in [0.4, 0.5) is 0 Å².